The average molecular weight is 453 g/mol. The first-order chi connectivity index (χ1) is 14.1. The Morgan fingerprint density at radius 2 is 1.93 bits per heavy atom. The molecule has 1 N–H and O–H groups in total. The van der Waals surface area contributed by atoms with E-state index < -0.39 is 0 Å². The Balaban J connectivity index is 1.66. The van der Waals surface area contributed by atoms with E-state index in [9.17, 15) is 9.18 Å². The van der Waals surface area contributed by atoms with Crippen LogP contribution in [0.5, 0.6) is 0 Å². The van der Waals surface area contributed by atoms with Crippen LogP contribution < -0.4 is 5.32 Å². The van der Waals surface area contributed by atoms with E-state index in [0.717, 1.165) is 22.2 Å². The van der Waals surface area contributed by atoms with Gasteiger partial charge in [-0.1, -0.05) is 13.0 Å². The molecule has 4 rings (SSSR count). The van der Waals surface area contributed by atoms with Crippen LogP contribution in [0.3, 0.4) is 0 Å². The van der Waals surface area contributed by atoms with Gasteiger partial charge in [-0.05, 0) is 70.4 Å². The first kappa shape index (κ1) is 19.3. The van der Waals surface area contributed by atoms with Crippen LogP contribution in [-0.2, 0) is 0 Å². The number of carbonyl (C=O) groups is 1. The summed E-state index contributed by atoms with van der Waals surface area (Å²) in [7, 11) is 0. The van der Waals surface area contributed by atoms with E-state index in [2.05, 4.69) is 31.2 Å². The molecule has 0 bridgehead atoms. The number of imidazole rings is 1. The van der Waals surface area contributed by atoms with Gasteiger partial charge in [0.15, 0.2) is 0 Å². The lowest BCUT2D eigenvalue weighted by Gasteiger charge is -2.17. The molecule has 0 aliphatic heterocycles. The third-order valence-corrected chi connectivity index (χ3v) is 5.25. The lowest BCUT2D eigenvalue weighted by Crippen LogP contribution is -2.28. The molecule has 146 valence electrons. The molecule has 3 heterocycles. The number of amides is 1. The van der Waals surface area contributed by atoms with Crippen LogP contribution in [0, 0.1) is 5.82 Å². The van der Waals surface area contributed by atoms with Crippen LogP contribution in [0.2, 0.25) is 0 Å². The van der Waals surface area contributed by atoms with Crippen LogP contribution >= 0.6 is 15.9 Å². The molecule has 0 aliphatic rings. The Bertz CT molecular complexity index is 1160. The van der Waals surface area contributed by atoms with Crippen LogP contribution in [0.1, 0.15) is 35.3 Å². The summed E-state index contributed by atoms with van der Waals surface area (Å²) in [5.74, 6) is 0.164. The number of halogens is 2. The second kappa shape index (κ2) is 8.13. The highest BCUT2D eigenvalue weighted by Crippen LogP contribution is 2.23. The number of hydrogen-bond donors (Lipinski definition) is 1. The number of nitrogens with zero attached hydrogens (tertiary/aromatic N) is 3. The molecule has 0 saturated heterocycles. The molecule has 0 spiro atoms. The maximum Gasteiger partial charge on any atom is 0.253 e. The fraction of sp³-hybridized carbons (Fsp3) is 0.136. The van der Waals surface area contributed by atoms with Gasteiger partial charge < -0.3 is 5.32 Å². The lowest BCUT2D eigenvalue weighted by atomic mass is 10.1. The van der Waals surface area contributed by atoms with Gasteiger partial charge in [0.2, 0.25) is 0 Å². The fourth-order valence-corrected chi connectivity index (χ4v) is 3.51. The smallest absolute Gasteiger partial charge is 0.253 e. The first-order valence-electron chi connectivity index (χ1n) is 9.21. The topological polar surface area (TPSA) is 59.3 Å². The maximum absolute atomic E-state index is 13.2. The van der Waals surface area contributed by atoms with E-state index in [4.69, 9.17) is 0 Å². The van der Waals surface area contributed by atoms with Gasteiger partial charge in [-0.3, -0.25) is 9.20 Å². The molecule has 29 heavy (non-hydrogen) atoms. The normalized spacial score (nSPS) is 12.1. The quantitative estimate of drug-likeness (QED) is 0.424. The number of rotatable bonds is 5. The Kier molecular flexibility index (Phi) is 5.40. The largest absolute Gasteiger partial charge is 0.345 e. The van der Waals surface area contributed by atoms with Gasteiger partial charge >= 0.3 is 0 Å². The van der Waals surface area contributed by atoms with Crippen molar-refractivity contribution < 1.29 is 9.18 Å². The van der Waals surface area contributed by atoms with Crippen LogP contribution in [0.4, 0.5) is 4.39 Å². The molecule has 5 nitrogen and oxygen atoms in total. The lowest BCUT2D eigenvalue weighted by molar-refractivity contribution is 0.0937. The van der Waals surface area contributed by atoms with Crippen molar-refractivity contribution >= 4 is 27.4 Å². The second-order valence-electron chi connectivity index (χ2n) is 6.61. The average Bonchev–Trinajstić information content (AvgIpc) is 3.17. The molecule has 0 fully saturated rings. The summed E-state index contributed by atoms with van der Waals surface area (Å²) in [5.41, 5.74) is 2.93. The maximum atomic E-state index is 13.2. The van der Waals surface area contributed by atoms with Crippen LogP contribution in [-0.4, -0.2) is 20.3 Å². The van der Waals surface area contributed by atoms with Gasteiger partial charge in [0, 0.05) is 18.0 Å². The molecule has 1 aromatic carbocycles. The van der Waals surface area contributed by atoms with E-state index in [0.29, 0.717) is 16.9 Å². The summed E-state index contributed by atoms with van der Waals surface area (Å²) >= 11 is 3.33. The Morgan fingerprint density at radius 1 is 1.14 bits per heavy atom. The standard InChI is InChI=1S/C22H18BrFN4O/c1-2-18(15-7-10-20(23)25-12-15)27-22(29)17-4-3-11-28-19(17)13-26-21(28)14-5-8-16(24)9-6-14/h3-13,18H,2H2,1H3,(H,27,29)/t18-/m0/s1. The van der Waals surface area contributed by atoms with E-state index in [1.165, 1.54) is 12.1 Å². The molecular formula is C22H18BrFN4O. The van der Waals surface area contributed by atoms with E-state index in [-0.39, 0.29) is 17.8 Å². The summed E-state index contributed by atoms with van der Waals surface area (Å²) < 4.78 is 15.8. The number of fused-ring (bicyclic) bond motifs is 1. The molecule has 4 aromatic rings. The van der Waals surface area contributed by atoms with Crippen molar-refractivity contribution in [3.05, 3.63) is 88.7 Å². The van der Waals surface area contributed by atoms with E-state index >= 15 is 0 Å². The third kappa shape index (κ3) is 3.91. The predicted octanol–water partition coefficient (Wildman–Crippen LogP) is 5.18. The van der Waals surface area contributed by atoms with Gasteiger partial charge in [0.1, 0.15) is 16.2 Å². The van der Waals surface area contributed by atoms with E-state index in [1.54, 1.807) is 36.7 Å². The number of nitrogens with one attached hydrogen (secondary N) is 1. The minimum Gasteiger partial charge on any atom is -0.345 e. The third-order valence-electron chi connectivity index (χ3n) is 4.78. The summed E-state index contributed by atoms with van der Waals surface area (Å²) in [4.78, 5) is 21.7. The molecule has 0 radical (unpaired) electrons. The van der Waals surface area contributed by atoms with Crippen molar-refractivity contribution in [3.63, 3.8) is 0 Å². The fourth-order valence-electron chi connectivity index (χ4n) is 3.28. The number of aromatic nitrogens is 3. The van der Waals surface area contributed by atoms with Gasteiger partial charge in [-0.25, -0.2) is 14.4 Å². The molecule has 1 amide bonds. The van der Waals surface area contributed by atoms with Crippen molar-refractivity contribution in [1.29, 1.82) is 0 Å². The van der Waals surface area contributed by atoms with Crippen molar-refractivity contribution in [2.75, 3.05) is 0 Å². The zero-order valence-corrected chi connectivity index (χ0v) is 17.2. The van der Waals surface area contributed by atoms with Gasteiger partial charge in [0.25, 0.3) is 5.91 Å². The van der Waals surface area contributed by atoms with Crippen molar-refractivity contribution in [2.45, 2.75) is 19.4 Å². The van der Waals surface area contributed by atoms with Gasteiger partial charge in [0.05, 0.1) is 23.3 Å². The Morgan fingerprint density at radius 3 is 2.62 bits per heavy atom. The molecular weight excluding hydrogens is 435 g/mol. The van der Waals surface area contributed by atoms with Gasteiger partial charge in [-0.2, -0.15) is 0 Å². The monoisotopic (exact) mass is 452 g/mol. The molecule has 0 aliphatic carbocycles. The minimum absolute atomic E-state index is 0.150. The predicted molar refractivity (Wildman–Crippen MR) is 113 cm³/mol. The summed E-state index contributed by atoms with van der Waals surface area (Å²) in [6, 6.07) is 13.4. The number of pyridine rings is 2. The first-order valence-corrected chi connectivity index (χ1v) is 10.0. The highest BCUT2D eigenvalue weighted by atomic mass is 79.9. The Hall–Kier alpha value is -3.06. The van der Waals surface area contributed by atoms with Gasteiger partial charge in [-0.15, -0.1) is 0 Å². The SMILES string of the molecule is CC[C@H](NC(=O)c1cccn2c(-c3ccc(F)cc3)ncc12)c1ccc(Br)nc1. The molecule has 3 aromatic heterocycles. The van der Waals surface area contributed by atoms with Crippen molar-refractivity contribution in [2.24, 2.45) is 0 Å². The second-order valence-corrected chi connectivity index (χ2v) is 7.43. The van der Waals surface area contributed by atoms with E-state index in [1.807, 2.05) is 29.7 Å². The molecule has 1 atom stereocenters. The number of carbonyl (C=O) groups excluding carboxylic acids is 1. The molecule has 0 unspecified atom stereocenters. The van der Waals surface area contributed by atoms with Crippen molar-refractivity contribution in [1.82, 2.24) is 19.7 Å². The molecule has 7 heteroatoms. The van der Waals surface area contributed by atoms with Crippen LogP contribution in [0.25, 0.3) is 16.9 Å². The minimum atomic E-state index is -0.303. The highest BCUT2D eigenvalue weighted by Gasteiger charge is 2.18. The zero-order valence-electron chi connectivity index (χ0n) is 15.6. The summed E-state index contributed by atoms with van der Waals surface area (Å²) in [6.45, 7) is 2.01. The summed E-state index contributed by atoms with van der Waals surface area (Å²) in [6.07, 6.45) is 5.99. The number of benzene rings is 1. The molecule has 0 saturated carbocycles. The Labute approximate surface area is 175 Å². The highest BCUT2D eigenvalue weighted by molar-refractivity contribution is 9.10. The van der Waals surface area contributed by atoms with Crippen molar-refractivity contribution in [3.8, 4) is 11.4 Å². The number of hydrogen-bond acceptors (Lipinski definition) is 3. The zero-order chi connectivity index (χ0) is 20.4. The van der Waals surface area contributed by atoms with Crippen LogP contribution in [0.15, 0.2) is 71.7 Å². The summed E-state index contributed by atoms with van der Waals surface area (Å²) in [5, 5.41) is 3.08.